The number of aliphatic carboxylic acids is 1. The van der Waals surface area contributed by atoms with Crippen molar-refractivity contribution < 1.29 is 19.4 Å². The molecule has 1 saturated carbocycles. The number of carboxylic acids is 1. The van der Waals surface area contributed by atoms with Crippen molar-refractivity contribution in [3.05, 3.63) is 65.7 Å². The van der Waals surface area contributed by atoms with Crippen LogP contribution >= 0.6 is 0 Å². The van der Waals surface area contributed by atoms with Crippen LogP contribution in [-0.2, 0) is 21.4 Å². The Balaban J connectivity index is 1.67. The number of carbonyl (C=O) groups is 2. The van der Waals surface area contributed by atoms with Crippen molar-refractivity contribution in [3.8, 4) is 5.75 Å². The molecular formula is C25H31NO4. The van der Waals surface area contributed by atoms with Crippen molar-refractivity contribution in [2.75, 3.05) is 20.2 Å². The molecule has 0 heterocycles. The summed E-state index contributed by atoms with van der Waals surface area (Å²) < 4.78 is 5.35. The number of carbonyl (C=O) groups excluding carboxylic acids is 1. The zero-order chi connectivity index (χ0) is 21.4. The van der Waals surface area contributed by atoms with Crippen LogP contribution in [0.3, 0.4) is 0 Å². The highest BCUT2D eigenvalue weighted by atomic mass is 16.5. The van der Waals surface area contributed by atoms with Gasteiger partial charge in [-0.1, -0.05) is 42.5 Å². The first-order valence-corrected chi connectivity index (χ1v) is 10.7. The van der Waals surface area contributed by atoms with Gasteiger partial charge in [-0.05, 0) is 61.8 Å². The van der Waals surface area contributed by atoms with E-state index in [1.165, 1.54) is 5.56 Å². The number of benzene rings is 2. The molecule has 3 rings (SSSR count). The maximum Gasteiger partial charge on any atom is 0.303 e. The molecule has 1 amide bonds. The number of carboxylic acid groups (broad SMARTS) is 1. The molecule has 0 aromatic heterocycles. The molecule has 0 unspecified atom stereocenters. The van der Waals surface area contributed by atoms with Gasteiger partial charge in [-0.15, -0.1) is 0 Å². The topological polar surface area (TPSA) is 66.8 Å². The number of unbranched alkanes of at least 4 members (excludes halogenated alkanes) is 1. The maximum absolute atomic E-state index is 13.6. The van der Waals surface area contributed by atoms with Gasteiger partial charge in [0.15, 0.2) is 0 Å². The molecule has 30 heavy (non-hydrogen) atoms. The van der Waals surface area contributed by atoms with Crippen LogP contribution in [0.5, 0.6) is 5.75 Å². The van der Waals surface area contributed by atoms with Crippen molar-refractivity contribution in [3.63, 3.8) is 0 Å². The molecule has 0 radical (unpaired) electrons. The Bertz CT molecular complexity index is 845. The average molecular weight is 410 g/mol. The van der Waals surface area contributed by atoms with Crippen LogP contribution in [0.2, 0.25) is 0 Å². The van der Waals surface area contributed by atoms with Crippen LogP contribution in [-0.4, -0.2) is 42.1 Å². The molecule has 160 valence electrons. The molecule has 2 aromatic rings. The first-order chi connectivity index (χ1) is 14.5. The summed E-state index contributed by atoms with van der Waals surface area (Å²) in [6, 6.07) is 18.1. The predicted octanol–water partition coefficient (Wildman–Crippen LogP) is 4.44. The summed E-state index contributed by atoms with van der Waals surface area (Å²) in [4.78, 5) is 26.4. The highest BCUT2D eigenvalue weighted by molar-refractivity contribution is 5.91. The van der Waals surface area contributed by atoms with Gasteiger partial charge in [-0.2, -0.15) is 0 Å². The van der Waals surface area contributed by atoms with Crippen LogP contribution in [0, 0.1) is 0 Å². The van der Waals surface area contributed by atoms with Crippen LogP contribution in [0.15, 0.2) is 54.6 Å². The number of ether oxygens (including phenoxy) is 1. The van der Waals surface area contributed by atoms with E-state index in [0.29, 0.717) is 25.9 Å². The second kappa shape index (κ2) is 10.3. The van der Waals surface area contributed by atoms with Crippen molar-refractivity contribution in [1.82, 2.24) is 4.90 Å². The lowest BCUT2D eigenvalue weighted by Crippen LogP contribution is -2.40. The normalized spacial score (nSPS) is 14.2. The summed E-state index contributed by atoms with van der Waals surface area (Å²) in [5.41, 5.74) is 1.84. The van der Waals surface area contributed by atoms with E-state index in [4.69, 9.17) is 9.84 Å². The molecule has 0 atom stereocenters. The molecule has 1 aliphatic rings. The minimum Gasteiger partial charge on any atom is -0.497 e. The SMILES string of the molecule is COc1cccc(C2(C(=O)N(CCCCC(=O)O)CCCc3ccccc3)CC2)c1. The zero-order valence-corrected chi connectivity index (χ0v) is 17.7. The Morgan fingerprint density at radius 2 is 1.73 bits per heavy atom. The Hall–Kier alpha value is -2.82. The quantitative estimate of drug-likeness (QED) is 0.526. The van der Waals surface area contributed by atoms with Crippen LogP contribution < -0.4 is 4.74 Å². The van der Waals surface area contributed by atoms with Crippen molar-refractivity contribution in [2.45, 2.75) is 50.4 Å². The molecule has 1 fully saturated rings. The average Bonchev–Trinajstić information content (AvgIpc) is 3.57. The lowest BCUT2D eigenvalue weighted by atomic mass is 9.93. The van der Waals surface area contributed by atoms with Gasteiger partial charge in [0.05, 0.1) is 12.5 Å². The number of hydrogen-bond acceptors (Lipinski definition) is 3. The van der Waals surface area contributed by atoms with Gasteiger partial charge in [-0.25, -0.2) is 0 Å². The zero-order valence-electron chi connectivity index (χ0n) is 17.7. The highest BCUT2D eigenvalue weighted by Gasteiger charge is 2.52. The molecule has 0 bridgehead atoms. The fourth-order valence-electron chi connectivity index (χ4n) is 3.99. The van der Waals surface area contributed by atoms with E-state index in [2.05, 4.69) is 12.1 Å². The lowest BCUT2D eigenvalue weighted by Gasteiger charge is -2.28. The fourth-order valence-corrected chi connectivity index (χ4v) is 3.99. The molecule has 1 aliphatic carbocycles. The summed E-state index contributed by atoms with van der Waals surface area (Å²) >= 11 is 0. The molecular weight excluding hydrogens is 378 g/mol. The Kier molecular flexibility index (Phi) is 7.50. The molecule has 5 nitrogen and oxygen atoms in total. The largest absolute Gasteiger partial charge is 0.497 e. The third kappa shape index (κ3) is 5.62. The van der Waals surface area contributed by atoms with Crippen molar-refractivity contribution in [1.29, 1.82) is 0 Å². The van der Waals surface area contributed by atoms with Gasteiger partial charge >= 0.3 is 5.97 Å². The standard InChI is InChI=1S/C25H31NO4/c1-30-22-13-7-12-21(19-22)25(15-16-25)24(29)26(17-6-5-14-23(27)28)18-8-11-20-9-3-2-4-10-20/h2-4,7,9-10,12-13,19H,5-6,8,11,14-18H2,1H3,(H,27,28). The molecule has 0 spiro atoms. The van der Waals surface area contributed by atoms with E-state index in [9.17, 15) is 9.59 Å². The van der Waals surface area contributed by atoms with Crippen molar-refractivity contribution in [2.24, 2.45) is 0 Å². The minimum atomic E-state index is -0.785. The smallest absolute Gasteiger partial charge is 0.303 e. The lowest BCUT2D eigenvalue weighted by molar-refractivity contribution is -0.137. The number of rotatable bonds is 12. The summed E-state index contributed by atoms with van der Waals surface area (Å²) in [5, 5.41) is 8.90. The molecule has 5 heteroatoms. The van der Waals surface area contributed by atoms with Gasteiger partial charge in [0.1, 0.15) is 5.75 Å². The first kappa shape index (κ1) is 21.9. The number of nitrogens with zero attached hydrogens (tertiary/aromatic N) is 1. The monoisotopic (exact) mass is 409 g/mol. The van der Waals surface area contributed by atoms with Gasteiger partial charge in [0.2, 0.25) is 5.91 Å². The third-order valence-electron chi connectivity index (χ3n) is 5.87. The summed E-state index contributed by atoms with van der Waals surface area (Å²) in [6.45, 7) is 1.29. The molecule has 1 N–H and O–H groups in total. The minimum absolute atomic E-state index is 0.146. The van der Waals surface area contributed by atoms with E-state index < -0.39 is 11.4 Å². The highest BCUT2D eigenvalue weighted by Crippen LogP contribution is 2.50. The van der Waals surface area contributed by atoms with E-state index in [0.717, 1.165) is 37.0 Å². The summed E-state index contributed by atoms with van der Waals surface area (Å²) in [6.07, 6.45) is 4.95. The number of methoxy groups -OCH3 is 1. The van der Waals surface area contributed by atoms with E-state index in [-0.39, 0.29) is 12.3 Å². The van der Waals surface area contributed by atoms with Gasteiger partial charge in [-0.3, -0.25) is 9.59 Å². The van der Waals surface area contributed by atoms with Gasteiger partial charge in [0.25, 0.3) is 0 Å². The van der Waals surface area contributed by atoms with E-state index in [1.54, 1.807) is 7.11 Å². The van der Waals surface area contributed by atoms with Crippen LogP contribution in [0.1, 0.15) is 49.7 Å². The second-order valence-electron chi connectivity index (χ2n) is 8.05. The Labute approximate surface area is 178 Å². The maximum atomic E-state index is 13.6. The first-order valence-electron chi connectivity index (χ1n) is 10.7. The predicted molar refractivity (Wildman–Crippen MR) is 117 cm³/mol. The second-order valence-corrected chi connectivity index (χ2v) is 8.05. The van der Waals surface area contributed by atoms with Crippen molar-refractivity contribution >= 4 is 11.9 Å². The number of amides is 1. The Morgan fingerprint density at radius 1 is 1.00 bits per heavy atom. The molecule has 0 aliphatic heterocycles. The number of hydrogen-bond donors (Lipinski definition) is 1. The molecule has 0 saturated heterocycles. The third-order valence-corrected chi connectivity index (χ3v) is 5.87. The fraction of sp³-hybridized carbons (Fsp3) is 0.440. The van der Waals surface area contributed by atoms with Gasteiger partial charge in [0, 0.05) is 19.5 Å². The van der Waals surface area contributed by atoms with Crippen LogP contribution in [0.4, 0.5) is 0 Å². The Morgan fingerprint density at radius 3 is 2.40 bits per heavy atom. The van der Waals surface area contributed by atoms with Gasteiger partial charge < -0.3 is 14.7 Å². The summed E-state index contributed by atoms with van der Waals surface area (Å²) in [5.74, 6) is 0.148. The van der Waals surface area contributed by atoms with Crippen LogP contribution in [0.25, 0.3) is 0 Å². The van der Waals surface area contributed by atoms with E-state index in [1.807, 2.05) is 47.4 Å². The summed E-state index contributed by atoms with van der Waals surface area (Å²) in [7, 11) is 1.64. The van der Waals surface area contributed by atoms with E-state index >= 15 is 0 Å². The molecule has 2 aromatic carbocycles. The number of aryl methyl sites for hydroxylation is 1.